The fourth-order valence-corrected chi connectivity index (χ4v) is 7.83. The number of thioether (sulfide) groups is 1. The van der Waals surface area contributed by atoms with Crippen molar-refractivity contribution in [2.45, 2.75) is 175 Å². The highest BCUT2D eigenvalue weighted by Crippen LogP contribution is 2.28. The molecular formula is C37H69NO19S. The average molecular weight is 864 g/mol. The second-order valence-electron chi connectivity index (χ2n) is 15.4. The predicted molar refractivity (Wildman–Crippen MR) is 204 cm³/mol. The van der Waals surface area contributed by atoms with Gasteiger partial charge >= 0.3 is 0 Å². The largest absolute Gasteiger partial charge is 0.394 e. The van der Waals surface area contributed by atoms with Gasteiger partial charge in [-0.25, -0.2) is 0 Å². The number of carbonyl (C=O) groups excluding carboxylic acids is 1. The molecule has 0 radical (unpaired) electrons. The Morgan fingerprint density at radius 1 is 0.517 bits per heavy atom. The zero-order chi connectivity index (χ0) is 42.8. The highest BCUT2D eigenvalue weighted by Gasteiger charge is 2.49. The quantitative estimate of drug-likeness (QED) is 0.0354. The molecule has 3 fully saturated rings. The summed E-state index contributed by atoms with van der Waals surface area (Å²) < 4.78 is 33.9. The summed E-state index contributed by atoms with van der Waals surface area (Å²) in [6.07, 6.45) is -13.7. The maximum Gasteiger partial charge on any atom is 0.221 e. The lowest BCUT2D eigenvalue weighted by atomic mass is 9.98. The van der Waals surface area contributed by atoms with E-state index < -0.39 is 143 Å². The molecule has 3 saturated heterocycles. The van der Waals surface area contributed by atoms with E-state index >= 15 is 0 Å². The molecule has 0 saturated carbocycles. The topological polar surface area (TPSA) is 327 Å². The number of nitrogens with one attached hydrogen (secondary N) is 1. The van der Waals surface area contributed by atoms with Crippen LogP contribution in [-0.4, -0.2) is 216 Å². The lowest BCUT2D eigenvalue weighted by molar-refractivity contribution is -0.324. The third-order valence-electron chi connectivity index (χ3n) is 10.6. The SMILES string of the molecule is CCCCCCCCCCCCSCCC(=O)NC(CO[C@@H]1O[C@H](CO)[C@@H](O)[C@H](O)[C@H]1O)(CO[C@@H]1O[C@H](CO)[C@@H](O)[C@H](O)[C@H]1O)CO[C@@H]1O[C@H](CO)[C@@H](O)[C@H](O)[C@H]1O. The van der Waals surface area contributed by atoms with Crippen LogP contribution in [0.3, 0.4) is 0 Å². The lowest BCUT2D eigenvalue weighted by Crippen LogP contribution is -2.65. The number of rotatable bonds is 27. The summed E-state index contributed by atoms with van der Waals surface area (Å²) >= 11 is 1.56. The van der Waals surface area contributed by atoms with E-state index in [1.165, 1.54) is 44.9 Å². The maximum absolute atomic E-state index is 13.6. The van der Waals surface area contributed by atoms with Crippen molar-refractivity contribution < 1.29 is 94.5 Å². The van der Waals surface area contributed by atoms with E-state index in [0.717, 1.165) is 25.0 Å². The molecule has 0 unspecified atom stereocenters. The first-order valence-corrected chi connectivity index (χ1v) is 21.5. The summed E-state index contributed by atoms with van der Waals surface area (Å²) in [5, 5.41) is 126. The molecule has 58 heavy (non-hydrogen) atoms. The number of hydrogen-bond donors (Lipinski definition) is 13. The number of hydrogen-bond acceptors (Lipinski definition) is 20. The van der Waals surface area contributed by atoms with Gasteiger partial charge in [0, 0.05) is 12.2 Å². The van der Waals surface area contributed by atoms with Crippen LogP contribution in [0, 0.1) is 0 Å². The molecule has 342 valence electrons. The van der Waals surface area contributed by atoms with Crippen LogP contribution in [0.25, 0.3) is 0 Å². The first-order chi connectivity index (χ1) is 27.7. The van der Waals surface area contributed by atoms with Gasteiger partial charge in [-0.2, -0.15) is 11.8 Å². The van der Waals surface area contributed by atoms with Gasteiger partial charge in [0.15, 0.2) is 18.9 Å². The van der Waals surface area contributed by atoms with Crippen LogP contribution < -0.4 is 5.32 Å². The van der Waals surface area contributed by atoms with E-state index in [4.69, 9.17) is 28.4 Å². The molecule has 0 aliphatic carbocycles. The van der Waals surface area contributed by atoms with Crippen LogP contribution in [0.1, 0.15) is 77.6 Å². The number of unbranched alkanes of at least 4 members (excludes halogenated alkanes) is 9. The van der Waals surface area contributed by atoms with Crippen LogP contribution in [0.5, 0.6) is 0 Å². The summed E-state index contributed by atoms with van der Waals surface area (Å²) in [7, 11) is 0. The molecule has 0 aromatic rings. The van der Waals surface area contributed by atoms with Crippen molar-refractivity contribution in [2.75, 3.05) is 51.1 Å². The first-order valence-electron chi connectivity index (χ1n) is 20.4. The molecule has 3 rings (SSSR count). The van der Waals surface area contributed by atoms with Crippen molar-refractivity contribution in [1.82, 2.24) is 5.32 Å². The Morgan fingerprint density at radius 2 is 0.862 bits per heavy atom. The van der Waals surface area contributed by atoms with Crippen molar-refractivity contribution in [3.63, 3.8) is 0 Å². The minimum Gasteiger partial charge on any atom is -0.394 e. The Kier molecular flexibility index (Phi) is 23.5. The second-order valence-corrected chi connectivity index (χ2v) is 16.6. The highest BCUT2D eigenvalue weighted by atomic mass is 32.2. The number of ether oxygens (including phenoxy) is 6. The molecule has 0 aromatic heterocycles. The van der Waals surface area contributed by atoms with Gasteiger partial charge in [0.25, 0.3) is 0 Å². The third kappa shape index (κ3) is 15.2. The van der Waals surface area contributed by atoms with E-state index in [1.54, 1.807) is 11.8 Å². The summed E-state index contributed by atoms with van der Waals surface area (Å²) in [5.74, 6) is 0.631. The number of aliphatic hydroxyl groups is 12. The van der Waals surface area contributed by atoms with Gasteiger partial charge in [-0.15, -0.1) is 0 Å². The molecule has 3 heterocycles. The van der Waals surface area contributed by atoms with Gasteiger partial charge in [0.1, 0.15) is 78.8 Å². The molecule has 20 nitrogen and oxygen atoms in total. The summed E-state index contributed by atoms with van der Waals surface area (Å²) in [4.78, 5) is 13.6. The van der Waals surface area contributed by atoms with E-state index in [-0.39, 0.29) is 6.42 Å². The van der Waals surface area contributed by atoms with Gasteiger partial charge in [0.05, 0.1) is 39.6 Å². The van der Waals surface area contributed by atoms with E-state index in [2.05, 4.69) is 12.2 Å². The van der Waals surface area contributed by atoms with Crippen molar-refractivity contribution in [2.24, 2.45) is 0 Å². The van der Waals surface area contributed by atoms with Crippen LogP contribution in [-0.2, 0) is 33.2 Å². The van der Waals surface area contributed by atoms with Crippen molar-refractivity contribution in [3.8, 4) is 0 Å². The normalized spacial score (nSPS) is 35.9. The Morgan fingerprint density at radius 3 is 1.21 bits per heavy atom. The lowest BCUT2D eigenvalue weighted by Gasteiger charge is -2.44. The molecule has 13 N–H and O–H groups in total. The van der Waals surface area contributed by atoms with Crippen molar-refractivity contribution >= 4 is 17.7 Å². The van der Waals surface area contributed by atoms with Gasteiger partial charge in [-0.05, 0) is 12.2 Å². The summed E-state index contributed by atoms with van der Waals surface area (Å²) in [5.41, 5.74) is -1.94. The minimum absolute atomic E-state index is 0.0374. The van der Waals surface area contributed by atoms with E-state index in [1.807, 2.05) is 0 Å². The maximum atomic E-state index is 13.6. The Balaban J connectivity index is 1.77. The van der Waals surface area contributed by atoms with Crippen molar-refractivity contribution in [3.05, 3.63) is 0 Å². The molecule has 0 bridgehead atoms. The van der Waals surface area contributed by atoms with Crippen LogP contribution >= 0.6 is 11.8 Å². The number of carbonyl (C=O) groups is 1. The highest BCUT2D eigenvalue weighted by molar-refractivity contribution is 7.99. The van der Waals surface area contributed by atoms with E-state index in [0.29, 0.717) is 5.75 Å². The van der Waals surface area contributed by atoms with Gasteiger partial charge < -0.3 is 95.0 Å². The van der Waals surface area contributed by atoms with Crippen LogP contribution in [0.15, 0.2) is 0 Å². The monoisotopic (exact) mass is 863 g/mol. The number of aliphatic hydroxyl groups excluding tert-OH is 12. The fraction of sp³-hybridized carbons (Fsp3) is 0.973. The molecule has 15 atom stereocenters. The zero-order valence-corrected chi connectivity index (χ0v) is 34.0. The van der Waals surface area contributed by atoms with Crippen LogP contribution in [0.4, 0.5) is 0 Å². The molecule has 1 amide bonds. The van der Waals surface area contributed by atoms with Gasteiger partial charge in [-0.1, -0.05) is 64.7 Å². The molecule has 0 spiro atoms. The predicted octanol–water partition coefficient (Wildman–Crippen LogP) is -3.66. The smallest absolute Gasteiger partial charge is 0.221 e. The molecular weight excluding hydrogens is 794 g/mol. The first kappa shape index (κ1) is 51.5. The Bertz CT molecular complexity index is 1030. The third-order valence-corrected chi connectivity index (χ3v) is 11.7. The van der Waals surface area contributed by atoms with Crippen LogP contribution in [0.2, 0.25) is 0 Å². The molecule has 3 aliphatic rings. The summed E-state index contributed by atoms with van der Waals surface area (Å²) in [6, 6.07) is 0. The number of amides is 1. The fourth-order valence-electron chi connectivity index (χ4n) is 6.89. The summed E-state index contributed by atoms with van der Waals surface area (Å²) in [6.45, 7) is -2.29. The minimum atomic E-state index is -1.94. The zero-order valence-electron chi connectivity index (χ0n) is 33.2. The van der Waals surface area contributed by atoms with Gasteiger partial charge in [0.2, 0.25) is 5.91 Å². The molecule has 21 heteroatoms. The van der Waals surface area contributed by atoms with Crippen molar-refractivity contribution in [1.29, 1.82) is 0 Å². The molecule has 3 aliphatic heterocycles. The Labute approximate surface area is 343 Å². The average Bonchev–Trinajstić information content (AvgIpc) is 3.22. The second kappa shape index (κ2) is 26.5. The standard InChI is InChI=1S/C37H69NO19S/c1-2-3-4-5-6-7-8-9-10-11-13-58-14-12-24(42)38-37(18-52-34-31(49)28(46)25(43)21(15-39)55-34,19-53-35-32(50)29(47)26(44)22(16-40)56-35)20-54-36-33(51)30(48)27(45)23(17-41)57-36/h21-23,25-36,39-41,43-51H,2-20H2,1H3,(H,38,42)/t21-,22-,23-,25-,26-,27-,28+,29+,30+,31-,32-,33-,34-,35-,36-/m1/s1. The van der Waals surface area contributed by atoms with Gasteiger partial charge in [-0.3, -0.25) is 4.79 Å². The Hall–Kier alpha value is -0.900. The molecule has 0 aromatic carbocycles. The van der Waals surface area contributed by atoms with E-state index in [9.17, 15) is 66.1 Å².